The van der Waals surface area contributed by atoms with Crippen molar-refractivity contribution in [1.82, 2.24) is 0 Å². The van der Waals surface area contributed by atoms with Gasteiger partial charge in [-0.3, -0.25) is 4.79 Å². The number of carbonyl (C=O) groups excluding carboxylic acids is 1. The van der Waals surface area contributed by atoms with E-state index in [1.807, 2.05) is 6.92 Å². The number of esters is 1. The quantitative estimate of drug-likeness (QED) is 0.671. The molecule has 0 aliphatic carbocycles. The molecule has 0 amide bonds. The predicted molar refractivity (Wildman–Crippen MR) is 77.4 cm³/mol. The molecule has 0 aromatic rings. The highest BCUT2D eigenvalue weighted by Gasteiger charge is 2.63. The Morgan fingerprint density at radius 1 is 0.778 bits per heavy atom. The van der Waals surface area contributed by atoms with Crippen LogP contribution in [0, 0.1) is 21.7 Å². The van der Waals surface area contributed by atoms with Gasteiger partial charge >= 0.3 is 5.97 Å². The van der Waals surface area contributed by atoms with E-state index in [0.717, 1.165) is 0 Å². The lowest BCUT2D eigenvalue weighted by molar-refractivity contribution is -0.194. The highest BCUT2D eigenvalue weighted by Crippen LogP contribution is 2.61. The fraction of sp³-hybridized carbons (Fsp3) is 0.938. The van der Waals surface area contributed by atoms with E-state index in [4.69, 9.17) is 4.74 Å². The van der Waals surface area contributed by atoms with Crippen molar-refractivity contribution in [2.75, 3.05) is 6.61 Å². The van der Waals surface area contributed by atoms with Crippen LogP contribution in [0.25, 0.3) is 0 Å². The van der Waals surface area contributed by atoms with Crippen LogP contribution in [-0.4, -0.2) is 12.6 Å². The van der Waals surface area contributed by atoms with Gasteiger partial charge in [0.1, 0.15) is 0 Å². The monoisotopic (exact) mass is 256 g/mol. The van der Waals surface area contributed by atoms with E-state index >= 15 is 0 Å². The van der Waals surface area contributed by atoms with E-state index in [0.29, 0.717) is 6.61 Å². The van der Waals surface area contributed by atoms with Crippen LogP contribution in [-0.2, 0) is 9.53 Å². The van der Waals surface area contributed by atoms with Crippen molar-refractivity contribution in [3.8, 4) is 0 Å². The molecule has 0 aromatic carbocycles. The Morgan fingerprint density at radius 3 is 1.22 bits per heavy atom. The van der Waals surface area contributed by atoms with E-state index in [1.165, 1.54) is 0 Å². The van der Waals surface area contributed by atoms with Gasteiger partial charge < -0.3 is 4.74 Å². The summed E-state index contributed by atoms with van der Waals surface area (Å²) in [7, 11) is 0. The van der Waals surface area contributed by atoms with Gasteiger partial charge in [0.25, 0.3) is 0 Å². The van der Waals surface area contributed by atoms with Gasteiger partial charge in [-0.25, -0.2) is 0 Å². The summed E-state index contributed by atoms with van der Waals surface area (Å²) in [5.41, 5.74) is -1.05. The minimum atomic E-state index is -0.539. The average molecular weight is 256 g/mol. The van der Waals surface area contributed by atoms with Crippen LogP contribution in [0.4, 0.5) is 0 Å². The molecular formula is C16H32O2. The third kappa shape index (κ3) is 2.57. The van der Waals surface area contributed by atoms with Crippen molar-refractivity contribution >= 4 is 5.97 Å². The van der Waals surface area contributed by atoms with E-state index in [1.54, 1.807) is 0 Å². The van der Waals surface area contributed by atoms with E-state index < -0.39 is 5.41 Å². The highest BCUT2D eigenvalue weighted by atomic mass is 16.5. The van der Waals surface area contributed by atoms with Crippen molar-refractivity contribution in [2.45, 2.75) is 69.2 Å². The Hall–Kier alpha value is -0.530. The molecule has 18 heavy (non-hydrogen) atoms. The van der Waals surface area contributed by atoms with Crippen molar-refractivity contribution in [3.63, 3.8) is 0 Å². The average Bonchev–Trinajstić information content (AvgIpc) is 1.94. The minimum absolute atomic E-state index is 0.0718. The van der Waals surface area contributed by atoms with Gasteiger partial charge in [0.2, 0.25) is 0 Å². The summed E-state index contributed by atoms with van der Waals surface area (Å²) < 4.78 is 5.45. The molecule has 0 N–H and O–H groups in total. The fourth-order valence-corrected chi connectivity index (χ4v) is 4.53. The molecule has 0 fully saturated rings. The van der Waals surface area contributed by atoms with Crippen LogP contribution in [0.2, 0.25) is 0 Å². The van der Waals surface area contributed by atoms with Gasteiger partial charge in [-0.05, 0) is 23.2 Å². The first-order valence-electron chi connectivity index (χ1n) is 6.90. The molecule has 0 saturated heterocycles. The number of ether oxygens (including phenoxy) is 1. The normalized spacial score (nSPS) is 14.6. The van der Waals surface area contributed by atoms with Crippen molar-refractivity contribution in [2.24, 2.45) is 21.7 Å². The molecule has 2 heteroatoms. The summed E-state index contributed by atoms with van der Waals surface area (Å²) in [4.78, 5) is 12.8. The van der Waals surface area contributed by atoms with Crippen LogP contribution in [0.1, 0.15) is 69.2 Å². The predicted octanol–water partition coefficient (Wildman–Crippen LogP) is 4.67. The Bertz CT molecular complexity index is 258. The summed E-state index contributed by atoms with van der Waals surface area (Å²) in [6.07, 6.45) is 0. The van der Waals surface area contributed by atoms with Gasteiger partial charge in [-0.2, -0.15) is 0 Å². The zero-order valence-electron chi connectivity index (χ0n) is 14.0. The molecule has 0 heterocycles. The molecule has 0 aromatic heterocycles. The maximum atomic E-state index is 12.8. The molecule has 0 bridgehead atoms. The SMILES string of the molecule is CCOC(=O)C(C(C)(C)C)(C(C)(C)C)C(C)(C)C. The smallest absolute Gasteiger partial charge is 0.313 e. The maximum absolute atomic E-state index is 12.8. The molecule has 0 aliphatic rings. The van der Waals surface area contributed by atoms with Gasteiger partial charge in [0, 0.05) is 0 Å². The van der Waals surface area contributed by atoms with Gasteiger partial charge in [-0.15, -0.1) is 0 Å². The zero-order valence-corrected chi connectivity index (χ0v) is 14.0. The number of carbonyl (C=O) groups is 1. The molecule has 0 aliphatic heterocycles. The molecule has 0 unspecified atom stereocenters. The molecule has 108 valence electrons. The second-order valence-electron chi connectivity index (χ2n) is 8.22. The van der Waals surface area contributed by atoms with Crippen molar-refractivity contribution in [3.05, 3.63) is 0 Å². The lowest BCUT2D eigenvalue weighted by atomic mass is 9.44. The van der Waals surface area contributed by atoms with E-state index in [-0.39, 0.29) is 22.2 Å². The summed E-state index contributed by atoms with van der Waals surface area (Å²) in [5.74, 6) is -0.0718. The summed E-state index contributed by atoms with van der Waals surface area (Å²) >= 11 is 0. The zero-order chi connectivity index (χ0) is 15.0. The maximum Gasteiger partial charge on any atom is 0.313 e. The Balaban J connectivity index is 6.18. The Labute approximate surface area is 113 Å². The van der Waals surface area contributed by atoms with Gasteiger partial charge in [0.15, 0.2) is 0 Å². The first kappa shape index (κ1) is 17.5. The Kier molecular flexibility index (Phi) is 4.72. The highest BCUT2D eigenvalue weighted by molar-refractivity contribution is 5.80. The molecule has 0 saturated carbocycles. The second kappa shape index (κ2) is 4.86. The largest absolute Gasteiger partial charge is 0.466 e. The topological polar surface area (TPSA) is 26.3 Å². The number of hydrogen-bond donors (Lipinski definition) is 0. The van der Waals surface area contributed by atoms with Crippen molar-refractivity contribution in [1.29, 1.82) is 0 Å². The van der Waals surface area contributed by atoms with E-state index in [9.17, 15) is 4.79 Å². The standard InChI is InChI=1S/C16H32O2/c1-11-18-12(17)16(13(2,3)4,14(5,6)7)15(8,9)10/h11H2,1-10H3. The third-order valence-electron chi connectivity index (χ3n) is 3.96. The van der Waals surface area contributed by atoms with Crippen LogP contribution < -0.4 is 0 Å². The van der Waals surface area contributed by atoms with Crippen LogP contribution in [0.15, 0.2) is 0 Å². The van der Waals surface area contributed by atoms with Crippen LogP contribution >= 0.6 is 0 Å². The molecule has 0 spiro atoms. The summed E-state index contributed by atoms with van der Waals surface area (Å²) in [6.45, 7) is 21.6. The molecular weight excluding hydrogens is 224 g/mol. The first-order chi connectivity index (χ1) is 7.73. The second-order valence-corrected chi connectivity index (χ2v) is 8.22. The van der Waals surface area contributed by atoms with Gasteiger partial charge in [-0.1, -0.05) is 62.3 Å². The molecule has 0 rings (SSSR count). The van der Waals surface area contributed by atoms with Crippen LogP contribution in [0.3, 0.4) is 0 Å². The number of rotatable bonds is 2. The summed E-state index contributed by atoms with van der Waals surface area (Å²) in [6, 6.07) is 0. The Morgan fingerprint density at radius 2 is 1.06 bits per heavy atom. The third-order valence-corrected chi connectivity index (χ3v) is 3.96. The minimum Gasteiger partial charge on any atom is -0.466 e. The van der Waals surface area contributed by atoms with Gasteiger partial charge in [0.05, 0.1) is 12.0 Å². The van der Waals surface area contributed by atoms with Crippen LogP contribution in [0.5, 0.6) is 0 Å². The van der Waals surface area contributed by atoms with E-state index in [2.05, 4.69) is 62.3 Å². The fourth-order valence-electron chi connectivity index (χ4n) is 4.53. The summed E-state index contributed by atoms with van der Waals surface area (Å²) in [5, 5.41) is 0. The molecule has 0 radical (unpaired) electrons. The molecule has 2 nitrogen and oxygen atoms in total. The molecule has 0 atom stereocenters. The number of hydrogen-bond acceptors (Lipinski definition) is 2. The lowest BCUT2D eigenvalue weighted by Gasteiger charge is -2.58. The van der Waals surface area contributed by atoms with Crippen molar-refractivity contribution < 1.29 is 9.53 Å². The first-order valence-corrected chi connectivity index (χ1v) is 6.90. The lowest BCUT2D eigenvalue weighted by Crippen LogP contribution is -2.60.